The summed E-state index contributed by atoms with van der Waals surface area (Å²) in [6.45, 7) is 3.43. The number of aromatic nitrogens is 3. The van der Waals surface area contributed by atoms with Crippen LogP contribution < -0.4 is 10.6 Å². The maximum atomic E-state index is 6.50. The SMILES string of the molecule is Cc1ccccc1NC(=S)c1c(-c2ccc(Cl)c(Cl)c2)c2c3n(c(CNc4ccc(Cl)c(Cl)c4)nn13)CCCC2. The lowest BCUT2D eigenvalue weighted by Gasteiger charge is -2.13. The predicted molar refractivity (Wildman–Crippen MR) is 172 cm³/mol. The van der Waals surface area contributed by atoms with E-state index in [9.17, 15) is 0 Å². The Labute approximate surface area is 258 Å². The van der Waals surface area contributed by atoms with Gasteiger partial charge in [-0.15, -0.1) is 0 Å². The topological polar surface area (TPSA) is 46.3 Å². The fraction of sp³-hybridized carbons (Fsp3) is 0.200. The second-order valence-corrected chi connectivity index (χ2v) is 11.9. The highest BCUT2D eigenvalue weighted by Gasteiger charge is 2.29. The van der Waals surface area contributed by atoms with E-state index < -0.39 is 0 Å². The van der Waals surface area contributed by atoms with E-state index in [0.717, 1.165) is 71.0 Å². The van der Waals surface area contributed by atoms with Crippen molar-refractivity contribution >= 4 is 80.6 Å². The molecule has 3 aromatic carbocycles. The molecule has 0 atom stereocenters. The minimum absolute atomic E-state index is 0.502. The second-order valence-electron chi connectivity index (χ2n) is 9.84. The molecule has 0 bridgehead atoms. The fourth-order valence-electron chi connectivity index (χ4n) is 5.29. The summed E-state index contributed by atoms with van der Waals surface area (Å²) in [5.41, 5.74) is 8.01. The van der Waals surface area contributed by atoms with Crippen LogP contribution in [0.3, 0.4) is 0 Å². The number of thiocarbonyl (C=S) groups is 1. The average Bonchev–Trinajstić information content (AvgIpc) is 3.34. The van der Waals surface area contributed by atoms with Crippen molar-refractivity contribution in [1.29, 1.82) is 0 Å². The minimum Gasteiger partial charge on any atom is -0.378 e. The smallest absolute Gasteiger partial charge is 0.150 e. The summed E-state index contributed by atoms with van der Waals surface area (Å²) in [4.78, 5) is 0.589. The Bertz CT molecular complexity index is 1770. The molecule has 5 aromatic rings. The number of nitrogens with one attached hydrogen (secondary N) is 2. The zero-order chi connectivity index (χ0) is 28.0. The standard InChI is InChI=1S/C30H25Cl4N5S/c1-17-6-2-3-8-25(17)36-29(40)28-27(18-9-11-21(31)23(33)14-18)20-7-4-5-13-38-26(37-39(28)30(20)38)16-35-19-10-12-22(32)24(34)15-19/h2-3,6,8-12,14-15,35H,4-5,7,13,16H2,1H3,(H,36,40). The number of nitrogens with zero attached hydrogens (tertiary/aromatic N) is 3. The molecule has 0 spiro atoms. The van der Waals surface area contributed by atoms with E-state index in [-0.39, 0.29) is 0 Å². The third kappa shape index (κ3) is 5.08. The molecular formula is C30H25Cl4N5S. The van der Waals surface area contributed by atoms with Gasteiger partial charge in [0.15, 0.2) is 5.82 Å². The fourth-order valence-corrected chi connectivity index (χ4v) is 6.18. The molecule has 204 valence electrons. The van der Waals surface area contributed by atoms with Crippen LogP contribution in [0.4, 0.5) is 11.4 Å². The average molecular weight is 629 g/mol. The van der Waals surface area contributed by atoms with Gasteiger partial charge in [-0.05, 0) is 73.7 Å². The van der Waals surface area contributed by atoms with E-state index in [4.69, 9.17) is 63.7 Å². The van der Waals surface area contributed by atoms with Gasteiger partial charge in [0.05, 0.1) is 26.6 Å². The molecule has 10 heteroatoms. The van der Waals surface area contributed by atoms with Crippen LogP contribution in [0.15, 0.2) is 60.7 Å². The Morgan fingerprint density at radius 3 is 2.42 bits per heavy atom. The molecule has 0 saturated heterocycles. The van der Waals surface area contributed by atoms with Crippen LogP contribution in [0, 0.1) is 6.92 Å². The lowest BCUT2D eigenvalue weighted by atomic mass is 9.98. The zero-order valence-electron chi connectivity index (χ0n) is 21.6. The Kier molecular flexibility index (Phi) is 7.73. The molecule has 0 saturated carbocycles. The molecule has 2 N–H and O–H groups in total. The molecule has 5 nitrogen and oxygen atoms in total. The third-order valence-corrected chi connectivity index (χ3v) is 9.02. The molecule has 3 heterocycles. The van der Waals surface area contributed by atoms with E-state index in [0.29, 0.717) is 31.6 Å². The van der Waals surface area contributed by atoms with Crippen LogP contribution in [-0.4, -0.2) is 19.2 Å². The number of benzene rings is 3. The Balaban J connectivity index is 1.50. The highest BCUT2D eigenvalue weighted by atomic mass is 35.5. The monoisotopic (exact) mass is 627 g/mol. The normalized spacial score (nSPS) is 12.9. The first kappa shape index (κ1) is 27.4. The van der Waals surface area contributed by atoms with E-state index in [2.05, 4.69) is 28.2 Å². The van der Waals surface area contributed by atoms with Crippen LogP contribution in [-0.2, 0) is 19.5 Å². The summed E-state index contributed by atoms with van der Waals surface area (Å²) < 4.78 is 4.30. The van der Waals surface area contributed by atoms with Gasteiger partial charge in [-0.2, -0.15) is 5.10 Å². The van der Waals surface area contributed by atoms with Gasteiger partial charge in [-0.25, -0.2) is 4.52 Å². The maximum absolute atomic E-state index is 6.50. The van der Waals surface area contributed by atoms with Crippen molar-refractivity contribution in [2.24, 2.45) is 0 Å². The summed E-state index contributed by atoms with van der Waals surface area (Å²) in [6, 6.07) is 19.4. The summed E-state index contributed by atoms with van der Waals surface area (Å²) in [6.07, 6.45) is 2.99. The van der Waals surface area contributed by atoms with Crippen molar-refractivity contribution < 1.29 is 0 Å². The van der Waals surface area contributed by atoms with Crippen molar-refractivity contribution in [1.82, 2.24) is 14.2 Å². The summed E-state index contributed by atoms with van der Waals surface area (Å²) in [5.74, 6) is 0.907. The number of para-hydroxylation sites is 1. The molecule has 40 heavy (non-hydrogen) atoms. The van der Waals surface area contributed by atoms with Gasteiger partial charge in [0.2, 0.25) is 0 Å². The van der Waals surface area contributed by atoms with Crippen molar-refractivity contribution in [3.8, 4) is 11.1 Å². The molecule has 0 radical (unpaired) electrons. The largest absolute Gasteiger partial charge is 0.378 e. The first-order chi connectivity index (χ1) is 19.3. The predicted octanol–water partition coefficient (Wildman–Crippen LogP) is 9.46. The molecule has 1 aliphatic rings. The highest BCUT2D eigenvalue weighted by molar-refractivity contribution is 7.81. The third-order valence-electron chi connectivity index (χ3n) is 7.25. The number of rotatable bonds is 6. The molecule has 0 fully saturated rings. The maximum Gasteiger partial charge on any atom is 0.150 e. The lowest BCUT2D eigenvalue weighted by Crippen LogP contribution is -2.15. The molecule has 6 rings (SSSR count). The van der Waals surface area contributed by atoms with Gasteiger partial charge in [0, 0.05) is 29.0 Å². The van der Waals surface area contributed by atoms with Crippen molar-refractivity contribution in [2.75, 3.05) is 10.6 Å². The molecule has 1 aliphatic heterocycles. The number of hydrogen-bond acceptors (Lipinski definition) is 3. The van der Waals surface area contributed by atoms with Gasteiger partial charge < -0.3 is 15.2 Å². The van der Waals surface area contributed by atoms with Gasteiger partial charge in [-0.3, -0.25) is 0 Å². The minimum atomic E-state index is 0.502. The first-order valence-electron chi connectivity index (χ1n) is 13.0. The quantitative estimate of drug-likeness (QED) is 0.184. The number of aryl methyl sites for hydroxylation is 3. The zero-order valence-corrected chi connectivity index (χ0v) is 25.4. The van der Waals surface area contributed by atoms with Crippen molar-refractivity contribution in [2.45, 2.75) is 39.3 Å². The first-order valence-corrected chi connectivity index (χ1v) is 14.9. The van der Waals surface area contributed by atoms with Gasteiger partial charge >= 0.3 is 0 Å². The molecule has 2 aromatic heterocycles. The second kappa shape index (κ2) is 11.3. The summed E-state index contributed by atoms with van der Waals surface area (Å²) in [5, 5.41) is 14.1. The molecule has 0 aliphatic carbocycles. The Hall–Kier alpha value is -2.74. The summed E-state index contributed by atoms with van der Waals surface area (Å²) in [7, 11) is 0. The number of hydrogen-bond donors (Lipinski definition) is 2. The van der Waals surface area contributed by atoms with E-state index in [1.807, 2.05) is 53.0 Å². The van der Waals surface area contributed by atoms with Crippen LogP contribution in [0.2, 0.25) is 20.1 Å². The molecular weight excluding hydrogens is 604 g/mol. The highest BCUT2D eigenvalue weighted by Crippen LogP contribution is 2.39. The van der Waals surface area contributed by atoms with Crippen LogP contribution in [0.5, 0.6) is 0 Å². The van der Waals surface area contributed by atoms with Crippen LogP contribution in [0.25, 0.3) is 16.8 Å². The van der Waals surface area contributed by atoms with E-state index in [1.165, 1.54) is 5.56 Å². The van der Waals surface area contributed by atoms with Crippen LogP contribution in [0.1, 0.15) is 35.5 Å². The summed E-state index contributed by atoms with van der Waals surface area (Å²) >= 11 is 31.2. The Morgan fingerprint density at radius 2 is 1.68 bits per heavy atom. The molecule has 0 unspecified atom stereocenters. The van der Waals surface area contributed by atoms with Gasteiger partial charge in [0.25, 0.3) is 0 Å². The van der Waals surface area contributed by atoms with Crippen molar-refractivity contribution in [3.05, 3.63) is 103 Å². The van der Waals surface area contributed by atoms with Crippen LogP contribution >= 0.6 is 58.6 Å². The van der Waals surface area contributed by atoms with Crippen molar-refractivity contribution in [3.63, 3.8) is 0 Å². The van der Waals surface area contributed by atoms with E-state index in [1.54, 1.807) is 6.07 Å². The van der Waals surface area contributed by atoms with Gasteiger partial charge in [-0.1, -0.05) is 82.9 Å². The Morgan fingerprint density at radius 1 is 0.925 bits per heavy atom. The number of halogens is 4. The van der Waals surface area contributed by atoms with Gasteiger partial charge in [0.1, 0.15) is 16.3 Å². The lowest BCUT2D eigenvalue weighted by molar-refractivity contribution is 0.619. The number of anilines is 2. The molecule has 0 amide bonds. The van der Waals surface area contributed by atoms with E-state index >= 15 is 0 Å².